The molecule has 4 nitrogen and oxygen atoms in total. The minimum Gasteiger partial charge on any atom is -0.361 e. The molecule has 0 aliphatic carbocycles. The second-order valence-electron chi connectivity index (χ2n) is 7.20. The molecular weight excluding hydrogens is 356 g/mol. The lowest BCUT2D eigenvalue weighted by molar-refractivity contribution is 0.876. The summed E-state index contributed by atoms with van der Waals surface area (Å²) in [5.41, 5.74) is 7.26. The van der Waals surface area contributed by atoms with Crippen LogP contribution in [0.5, 0.6) is 0 Å². The Hall–Kier alpha value is -3.79. The fraction of sp³-hybridized carbons (Fsp3) is 0.0800. The van der Waals surface area contributed by atoms with E-state index < -0.39 is 0 Å². The Morgan fingerprint density at radius 3 is 2.17 bits per heavy atom. The zero-order valence-corrected chi connectivity index (χ0v) is 16.1. The lowest BCUT2D eigenvalue weighted by Crippen LogP contribution is -2.03. The topological polar surface area (TPSA) is 54.5 Å². The monoisotopic (exact) mass is 376 g/mol. The number of aromatic nitrogens is 4. The summed E-state index contributed by atoms with van der Waals surface area (Å²) >= 11 is 0. The van der Waals surface area contributed by atoms with Crippen molar-refractivity contribution in [3.05, 3.63) is 102 Å². The average Bonchev–Trinajstić information content (AvgIpc) is 3.16. The number of H-pyrrole nitrogens is 1. The Morgan fingerprint density at radius 1 is 0.759 bits per heavy atom. The highest BCUT2D eigenvalue weighted by Crippen LogP contribution is 2.29. The van der Waals surface area contributed by atoms with E-state index in [-0.39, 0.29) is 0 Å². The summed E-state index contributed by atoms with van der Waals surface area (Å²) in [6.07, 6.45) is 2.67. The van der Waals surface area contributed by atoms with Crippen molar-refractivity contribution in [2.45, 2.75) is 13.3 Å². The van der Waals surface area contributed by atoms with E-state index in [1.54, 1.807) is 0 Å². The van der Waals surface area contributed by atoms with E-state index in [1.807, 2.05) is 54.7 Å². The molecule has 4 heteroatoms. The molecule has 29 heavy (non-hydrogen) atoms. The van der Waals surface area contributed by atoms with Crippen molar-refractivity contribution in [3.63, 3.8) is 0 Å². The molecule has 0 atom stereocenters. The third-order valence-electron chi connectivity index (χ3n) is 5.10. The fourth-order valence-corrected chi connectivity index (χ4v) is 3.64. The maximum atomic E-state index is 4.93. The van der Waals surface area contributed by atoms with Crippen molar-refractivity contribution in [1.29, 1.82) is 0 Å². The molecule has 0 spiro atoms. The lowest BCUT2D eigenvalue weighted by Gasteiger charge is -2.09. The number of rotatable bonds is 4. The summed E-state index contributed by atoms with van der Waals surface area (Å²) in [6, 6.07) is 26.7. The summed E-state index contributed by atoms with van der Waals surface area (Å²) in [7, 11) is 0. The van der Waals surface area contributed by atoms with Crippen LogP contribution in [-0.2, 0) is 6.42 Å². The van der Waals surface area contributed by atoms with Gasteiger partial charge in [-0.3, -0.25) is 0 Å². The van der Waals surface area contributed by atoms with Gasteiger partial charge < -0.3 is 4.98 Å². The zero-order valence-electron chi connectivity index (χ0n) is 16.1. The van der Waals surface area contributed by atoms with E-state index in [2.05, 4.69) is 52.4 Å². The highest BCUT2D eigenvalue weighted by molar-refractivity contribution is 5.84. The van der Waals surface area contributed by atoms with E-state index in [0.29, 0.717) is 12.2 Å². The molecule has 0 radical (unpaired) electrons. The number of hydrogen-bond acceptors (Lipinski definition) is 3. The fourth-order valence-electron chi connectivity index (χ4n) is 3.64. The summed E-state index contributed by atoms with van der Waals surface area (Å²) < 4.78 is 0. The smallest absolute Gasteiger partial charge is 0.156 e. The molecular formula is C25H20N4. The number of benzene rings is 3. The SMILES string of the molecule is Cc1ccc2c(Cc3nnc(-c4ccccc4)c(-c4ccccc4)n3)c[nH]c2c1. The zero-order chi connectivity index (χ0) is 19.6. The van der Waals surface area contributed by atoms with Crippen LogP contribution in [-0.4, -0.2) is 20.2 Å². The normalized spacial score (nSPS) is 11.1. The van der Waals surface area contributed by atoms with Gasteiger partial charge in [0.1, 0.15) is 11.4 Å². The number of aryl methyl sites for hydroxylation is 1. The van der Waals surface area contributed by atoms with Gasteiger partial charge in [-0.15, -0.1) is 10.2 Å². The molecule has 0 saturated carbocycles. The van der Waals surface area contributed by atoms with Crippen molar-refractivity contribution in [1.82, 2.24) is 20.2 Å². The van der Waals surface area contributed by atoms with Gasteiger partial charge in [0.05, 0.1) is 0 Å². The molecule has 0 fully saturated rings. The second-order valence-corrected chi connectivity index (χ2v) is 7.20. The maximum absolute atomic E-state index is 4.93. The molecule has 0 aliphatic heterocycles. The van der Waals surface area contributed by atoms with Gasteiger partial charge >= 0.3 is 0 Å². The van der Waals surface area contributed by atoms with Gasteiger partial charge in [-0.2, -0.15) is 0 Å². The third-order valence-corrected chi connectivity index (χ3v) is 5.10. The van der Waals surface area contributed by atoms with Gasteiger partial charge in [0, 0.05) is 34.6 Å². The Bertz CT molecular complexity index is 1270. The predicted molar refractivity (Wildman–Crippen MR) is 117 cm³/mol. The predicted octanol–water partition coefficient (Wildman–Crippen LogP) is 5.59. The first-order valence-electron chi connectivity index (χ1n) is 9.69. The van der Waals surface area contributed by atoms with Crippen LogP contribution in [0, 0.1) is 6.92 Å². The first kappa shape index (κ1) is 17.3. The quantitative estimate of drug-likeness (QED) is 0.445. The number of fused-ring (bicyclic) bond motifs is 1. The van der Waals surface area contributed by atoms with Crippen molar-refractivity contribution in [2.75, 3.05) is 0 Å². The van der Waals surface area contributed by atoms with Crippen molar-refractivity contribution in [2.24, 2.45) is 0 Å². The van der Waals surface area contributed by atoms with E-state index >= 15 is 0 Å². The van der Waals surface area contributed by atoms with Crippen molar-refractivity contribution >= 4 is 10.9 Å². The third kappa shape index (κ3) is 3.41. The van der Waals surface area contributed by atoms with Gasteiger partial charge in [-0.1, -0.05) is 72.8 Å². The number of nitrogens with zero attached hydrogens (tertiary/aromatic N) is 3. The van der Waals surface area contributed by atoms with E-state index in [1.165, 1.54) is 16.5 Å². The Kier molecular flexibility index (Phi) is 4.37. The first-order valence-corrected chi connectivity index (χ1v) is 9.69. The summed E-state index contributed by atoms with van der Waals surface area (Å²) in [6.45, 7) is 2.10. The minimum absolute atomic E-state index is 0.630. The molecule has 5 aromatic rings. The molecule has 0 amide bonds. The van der Waals surface area contributed by atoms with Gasteiger partial charge in [0.2, 0.25) is 0 Å². The molecule has 0 saturated heterocycles. The van der Waals surface area contributed by atoms with Gasteiger partial charge in [0.25, 0.3) is 0 Å². The maximum Gasteiger partial charge on any atom is 0.156 e. The average molecular weight is 376 g/mol. The van der Waals surface area contributed by atoms with Gasteiger partial charge in [-0.05, 0) is 24.1 Å². The van der Waals surface area contributed by atoms with Crippen LogP contribution < -0.4 is 0 Å². The summed E-state index contributed by atoms with van der Waals surface area (Å²) in [5, 5.41) is 10.2. The van der Waals surface area contributed by atoms with E-state index in [0.717, 1.165) is 28.0 Å². The first-order chi connectivity index (χ1) is 14.3. The Morgan fingerprint density at radius 2 is 1.45 bits per heavy atom. The molecule has 2 heterocycles. The Balaban J connectivity index is 1.59. The molecule has 1 N–H and O–H groups in total. The van der Waals surface area contributed by atoms with Crippen LogP contribution in [0.1, 0.15) is 17.0 Å². The molecule has 0 aliphatic rings. The second kappa shape index (κ2) is 7.32. The Labute approximate surface area is 169 Å². The van der Waals surface area contributed by atoms with Crippen molar-refractivity contribution < 1.29 is 0 Å². The highest BCUT2D eigenvalue weighted by Gasteiger charge is 2.14. The number of nitrogens with one attached hydrogen (secondary N) is 1. The van der Waals surface area contributed by atoms with Gasteiger partial charge in [0.15, 0.2) is 5.82 Å². The van der Waals surface area contributed by atoms with Crippen LogP contribution in [0.3, 0.4) is 0 Å². The highest BCUT2D eigenvalue weighted by atomic mass is 15.2. The van der Waals surface area contributed by atoms with Crippen LogP contribution in [0.2, 0.25) is 0 Å². The van der Waals surface area contributed by atoms with Crippen LogP contribution in [0.25, 0.3) is 33.4 Å². The van der Waals surface area contributed by atoms with Gasteiger partial charge in [-0.25, -0.2) is 4.98 Å². The minimum atomic E-state index is 0.630. The molecule has 3 aromatic carbocycles. The molecule has 0 bridgehead atoms. The van der Waals surface area contributed by atoms with E-state index in [4.69, 9.17) is 4.98 Å². The molecule has 5 rings (SSSR count). The standard InChI is InChI=1S/C25H20N4/c1-17-12-13-21-20(16-26-22(21)14-17)15-23-27-24(18-8-4-2-5-9-18)25(29-28-23)19-10-6-3-7-11-19/h2-14,16,26H,15H2,1H3. The molecule has 0 unspecified atom stereocenters. The van der Waals surface area contributed by atoms with Crippen molar-refractivity contribution in [3.8, 4) is 22.5 Å². The van der Waals surface area contributed by atoms with Crippen LogP contribution >= 0.6 is 0 Å². The van der Waals surface area contributed by atoms with Crippen LogP contribution in [0.4, 0.5) is 0 Å². The lowest BCUT2D eigenvalue weighted by atomic mass is 10.0. The number of hydrogen-bond donors (Lipinski definition) is 1. The number of aromatic amines is 1. The van der Waals surface area contributed by atoms with Crippen LogP contribution in [0.15, 0.2) is 85.1 Å². The largest absolute Gasteiger partial charge is 0.361 e. The molecule has 140 valence electrons. The summed E-state index contributed by atoms with van der Waals surface area (Å²) in [5.74, 6) is 0.713. The summed E-state index contributed by atoms with van der Waals surface area (Å²) in [4.78, 5) is 8.29. The van der Waals surface area contributed by atoms with E-state index in [9.17, 15) is 0 Å². The molecule has 2 aromatic heterocycles.